The number of hydrogen-bond donors (Lipinski definition) is 0. The van der Waals surface area contributed by atoms with E-state index in [1.165, 1.54) is 38.0 Å². The van der Waals surface area contributed by atoms with Crippen molar-refractivity contribution < 1.29 is 13.9 Å². The Kier molecular flexibility index (Phi) is 7.25. The number of ether oxygens (including phenoxy) is 1. The Balaban J connectivity index is 1.51. The molecule has 0 atom stereocenters. The molecule has 2 heterocycles. The van der Waals surface area contributed by atoms with Gasteiger partial charge in [-0.2, -0.15) is 0 Å². The summed E-state index contributed by atoms with van der Waals surface area (Å²) in [6.07, 6.45) is 6.22. The molecule has 1 aromatic heterocycles. The van der Waals surface area contributed by atoms with Crippen molar-refractivity contribution in [3.63, 3.8) is 0 Å². The topological polar surface area (TPSA) is 63.0 Å². The predicted octanol–water partition coefficient (Wildman–Crippen LogP) is 3.05. The van der Waals surface area contributed by atoms with E-state index in [9.17, 15) is 9.59 Å². The highest BCUT2D eigenvalue weighted by Crippen LogP contribution is 2.14. The maximum atomic E-state index is 12.3. The maximum Gasteiger partial charge on any atom is 0.260 e. The molecule has 0 radical (unpaired) electrons. The van der Waals surface area contributed by atoms with Gasteiger partial charge in [0.1, 0.15) is 12.0 Å². The van der Waals surface area contributed by atoms with Gasteiger partial charge < -0.3 is 14.1 Å². The number of carbonyl (C=O) groups excluding carboxylic acids is 1. The van der Waals surface area contributed by atoms with E-state index in [1.54, 1.807) is 11.9 Å². The SMILES string of the molecule is CN(Cc1ccccc1)C(=O)COc1coc(CN2CCCCCC2)cc1=O. The van der Waals surface area contributed by atoms with E-state index in [4.69, 9.17) is 9.15 Å². The average Bonchev–Trinajstić information content (AvgIpc) is 2.96. The van der Waals surface area contributed by atoms with Crippen molar-refractivity contribution in [3.8, 4) is 5.75 Å². The first-order valence-electron chi connectivity index (χ1n) is 9.86. The molecule has 2 aromatic rings. The van der Waals surface area contributed by atoms with Crippen LogP contribution in [-0.2, 0) is 17.9 Å². The summed E-state index contributed by atoms with van der Waals surface area (Å²) in [6.45, 7) is 2.99. The molecule has 6 nitrogen and oxygen atoms in total. The van der Waals surface area contributed by atoms with E-state index in [2.05, 4.69) is 4.90 Å². The lowest BCUT2D eigenvalue weighted by molar-refractivity contribution is -0.132. The van der Waals surface area contributed by atoms with Crippen LogP contribution in [-0.4, -0.2) is 42.5 Å². The van der Waals surface area contributed by atoms with Crippen LogP contribution in [0.5, 0.6) is 5.75 Å². The number of hydrogen-bond acceptors (Lipinski definition) is 5. The second-order valence-electron chi connectivity index (χ2n) is 7.29. The highest BCUT2D eigenvalue weighted by Gasteiger charge is 2.14. The molecule has 0 bridgehead atoms. The van der Waals surface area contributed by atoms with Crippen LogP contribution in [0.3, 0.4) is 0 Å². The van der Waals surface area contributed by atoms with Crippen LogP contribution >= 0.6 is 0 Å². The molecule has 3 rings (SSSR count). The van der Waals surface area contributed by atoms with Gasteiger partial charge in [-0.15, -0.1) is 0 Å². The van der Waals surface area contributed by atoms with Gasteiger partial charge >= 0.3 is 0 Å². The summed E-state index contributed by atoms with van der Waals surface area (Å²) in [5.74, 6) is 0.504. The highest BCUT2D eigenvalue weighted by atomic mass is 16.5. The van der Waals surface area contributed by atoms with Gasteiger partial charge in [-0.3, -0.25) is 14.5 Å². The fraction of sp³-hybridized carbons (Fsp3) is 0.455. The average molecular weight is 384 g/mol. The maximum absolute atomic E-state index is 12.3. The Labute approximate surface area is 165 Å². The van der Waals surface area contributed by atoms with Crippen molar-refractivity contribution in [2.45, 2.75) is 38.8 Å². The number of carbonyl (C=O) groups is 1. The quantitative estimate of drug-likeness (QED) is 0.734. The molecule has 28 heavy (non-hydrogen) atoms. The first kappa shape index (κ1) is 20.1. The molecule has 1 aliphatic heterocycles. The Morgan fingerprint density at radius 1 is 1.14 bits per heavy atom. The first-order chi connectivity index (χ1) is 13.6. The first-order valence-corrected chi connectivity index (χ1v) is 9.86. The van der Waals surface area contributed by atoms with Crippen molar-refractivity contribution in [1.29, 1.82) is 0 Å². The molecule has 1 fully saturated rings. The fourth-order valence-electron chi connectivity index (χ4n) is 3.34. The molecule has 150 valence electrons. The van der Waals surface area contributed by atoms with Crippen molar-refractivity contribution in [2.75, 3.05) is 26.7 Å². The number of amides is 1. The molecule has 0 aliphatic carbocycles. The Morgan fingerprint density at radius 3 is 2.54 bits per heavy atom. The molecule has 0 unspecified atom stereocenters. The standard InChI is InChI=1S/C22H28N2O4/c1-23(14-18-9-5-4-6-10-18)22(26)17-28-21-16-27-19(13-20(21)25)15-24-11-7-2-3-8-12-24/h4-6,9-10,13,16H,2-3,7-8,11-12,14-15,17H2,1H3. The highest BCUT2D eigenvalue weighted by molar-refractivity contribution is 5.77. The Bertz CT molecular complexity index is 811. The molecule has 6 heteroatoms. The van der Waals surface area contributed by atoms with Gasteiger partial charge in [-0.25, -0.2) is 0 Å². The number of nitrogens with zero attached hydrogens (tertiary/aromatic N) is 2. The number of benzene rings is 1. The molecule has 1 amide bonds. The summed E-state index contributed by atoms with van der Waals surface area (Å²) in [5.41, 5.74) is 0.783. The van der Waals surface area contributed by atoms with E-state index in [1.807, 2.05) is 30.3 Å². The second-order valence-corrected chi connectivity index (χ2v) is 7.29. The lowest BCUT2D eigenvalue weighted by Gasteiger charge is -2.19. The van der Waals surface area contributed by atoms with E-state index < -0.39 is 0 Å². The predicted molar refractivity (Wildman–Crippen MR) is 107 cm³/mol. The van der Waals surface area contributed by atoms with Crippen LogP contribution in [0.15, 0.2) is 51.9 Å². The van der Waals surface area contributed by atoms with Crippen LogP contribution in [0.1, 0.15) is 37.0 Å². The summed E-state index contributed by atoms with van der Waals surface area (Å²) in [6, 6.07) is 11.2. The lowest BCUT2D eigenvalue weighted by Crippen LogP contribution is -2.31. The van der Waals surface area contributed by atoms with Gasteiger partial charge in [0, 0.05) is 19.7 Å². The third kappa shape index (κ3) is 5.96. The number of likely N-dealkylation sites (N-methyl/N-ethyl adjacent to an activating group) is 1. The van der Waals surface area contributed by atoms with Crippen LogP contribution < -0.4 is 10.2 Å². The Hall–Kier alpha value is -2.60. The largest absolute Gasteiger partial charge is 0.477 e. The summed E-state index contributed by atoms with van der Waals surface area (Å²) >= 11 is 0. The lowest BCUT2D eigenvalue weighted by atomic mass is 10.2. The summed E-state index contributed by atoms with van der Waals surface area (Å²) in [4.78, 5) is 28.4. The van der Waals surface area contributed by atoms with Gasteiger partial charge in [0.15, 0.2) is 6.61 Å². The minimum absolute atomic E-state index is 0.0704. The van der Waals surface area contributed by atoms with Gasteiger partial charge in [-0.1, -0.05) is 43.2 Å². The third-order valence-corrected chi connectivity index (χ3v) is 4.97. The molecule has 1 saturated heterocycles. The van der Waals surface area contributed by atoms with Crippen LogP contribution in [0.25, 0.3) is 0 Å². The van der Waals surface area contributed by atoms with Crippen LogP contribution in [0.4, 0.5) is 0 Å². The zero-order valence-corrected chi connectivity index (χ0v) is 16.4. The minimum Gasteiger partial charge on any atom is -0.477 e. The van der Waals surface area contributed by atoms with Crippen LogP contribution in [0.2, 0.25) is 0 Å². The van der Waals surface area contributed by atoms with Crippen molar-refractivity contribution in [3.05, 3.63) is 64.2 Å². The molecule has 1 aromatic carbocycles. The van der Waals surface area contributed by atoms with Crippen molar-refractivity contribution >= 4 is 5.91 Å². The molecule has 0 N–H and O–H groups in total. The smallest absolute Gasteiger partial charge is 0.260 e. The number of rotatable bonds is 7. The van der Waals surface area contributed by atoms with Gasteiger partial charge in [0.2, 0.25) is 11.2 Å². The minimum atomic E-state index is -0.255. The summed E-state index contributed by atoms with van der Waals surface area (Å²) in [5, 5.41) is 0. The monoisotopic (exact) mass is 384 g/mol. The van der Waals surface area contributed by atoms with Crippen molar-refractivity contribution in [1.82, 2.24) is 9.80 Å². The fourth-order valence-corrected chi connectivity index (χ4v) is 3.34. The van der Waals surface area contributed by atoms with Crippen molar-refractivity contribution in [2.24, 2.45) is 0 Å². The zero-order chi connectivity index (χ0) is 19.8. The van der Waals surface area contributed by atoms with E-state index in [-0.39, 0.29) is 23.7 Å². The normalized spacial score (nSPS) is 15.0. The van der Waals surface area contributed by atoms with Gasteiger partial charge in [0.25, 0.3) is 5.91 Å². The molecular formula is C22H28N2O4. The summed E-state index contributed by atoms with van der Waals surface area (Å²) in [7, 11) is 1.71. The molecule has 0 saturated carbocycles. The summed E-state index contributed by atoms with van der Waals surface area (Å²) < 4.78 is 11.0. The third-order valence-electron chi connectivity index (χ3n) is 4.97. The molecule has 1 aliphatic rings. The number of likely N-dealkylation sites (tertiary alicyclic amines) is 1. The molecule has 0 spiro atoms. The van der Waals surface area contributed by atoms with Gasteiger partial charge in [0.05, 0.1) is 6.54 Å². The second kappa shape index (κ2) is 10.1. The van der Waals surface area contributed by atoms with Gasteiger partial charge in [-0.05, 0) is 31.5 Å². The van der Waals surface area contributed by atoms with Crippen LogP contribution in [0, 0.1) is 0 Å². The van der Waals surface area contributed by atoms with E-state index in [0.717, 1.165) is 18.7 Å². The Morgan fingerprint density at radius 2 is 1.86 bits per heavy atom. The van der Waals surface area contributed by atoms with E-state index >= 15 is 0 Å². The van der Waals surface area contributed by atoms with E-state index in [0.29, 0.717) is 18.8 Å². The molecular weight excluding hydrogens is 356 g/mol. The zero-order valence-electron chi connectivity index (χ0n) is 16.4.